The minimum atomic E-state index is 0.413. The molecule has 2 aromatic rings. The summed E-state index contributed by atoms with van der Waals surface area (Å²) in [5.74, 6) is 0.737. The number of aromatic nitrogens is 2. The van der Waals surface area contributed by atoms with Crippen molar-refractivity contribution >= 4 is 28.9 Å². The van der Waals surface area contributed by atoms with Gasteiger partial charge in [0.25, 0.3) is 0 Å². The molecule has 1 N–H and O–H groups in total. The largest absolute Gasteiger partial charge is 0.350 e. The molecule has 1 atom stereocenters. The Kier molecular flexibility index (Phi) is 4.73. The van der Waals surface area contributed by atoms with E-state index in [4.69, 9.17) is 11.6 Å². The van der Waals surface area contributed by atoms with Crippen LogP contribution in [-0.2, 0) is 6.54 Å². The lowest BCUT2D eigenvalue weighted by atomic mass is 10.1. The molecule has 1 unspecified atom stereocenters. The fourth-order valence-electron chi connectivity index (χ4n) is 2.68. The van der Waals surface area contributed by atoms with E-state index in [2.05, 4.69) is 26.3 Å². The first kappa shape index (κ1) is 14.8. The van der Waals surface area contributed by atoms with Crippen molar-refractivity contribution in [3.05, 3.63) is 39.3 Å². The highest BCUT2D eigenvalue weighted by Crippen LogP contribution is 2.24. The molecule has 112 valence electrons. The second-order valence-electron chi connectivity index (χ2n) is 5.45. The summed E-state index contributed by atoms with van der Waals surface area (Å²) in [7, 11) is 0. The standard InChI is InChI=1S/C15H19ClN4S/c1-11-6-7-17-15(18-11)19-12-3-2-8-20(9-12)10-13-4-5-14(16)21-13/h4-7,12H,2-3,8-10H2,1H3,(H,17,18,19). The number of likely N-dealkylation sites (tertiary alicyclic amines) is 1. The Hall–Kier alpha value is -1.17. The minimum absolute atomic E-state index is 0.413. The van der Waals surface area contributed by atoms with Crippen LogP contribution in [0.5, 0.6) is 0 Å². The molecular formula is C15H19ClN4S. The number of rotatable bonds is 4. The van der Waals surface area contributed by atoms with Crippen molar-refractivity contribution in [2.45, 2.75) is 32.4 Å². The van der Waals surface area contributed by atoms with E-state index in [0.29, 0.717) is 6.04 Å². The quantitative estimate of drug-likeness (QED) is 0.934. The van der Waals surface area contributed by atoms with E-state index < -0.39 is 0 Å². The molecule has 4 nitrogen and oxygen atoms in total. The molecule has 2 aromatic heterocycles. The van der Waals surface area contributed by atoms with Crippen molar-refractivity contribution in [3.8, 4) is 0 Å². The van der Waals surface area contributed by atoms with Crippen LogP contribution in [-0.4, -0.2) is 34.0 Å². The zero-order chi connectivity index (χ0) is 14.7. The Balaban J connectivity index is 1.58. The summed E-state index contributed by atoms with van der Waals surface area (Å²) in [4.78, 5) is 12.5. The number of halogens is 1. The van der Waals surface area contributed by atoms with Crippen LogP contribution < -0.4 is 5.32 Å². The summed E-state index contributed by atoms with van der Waals surface area (Å²) in [6.45, 7) is 5.13. The number of anilines is 1. The van der Waals surface area contributed by atoms with Gasteiger partial charge in [-0.05, 0) is 44.5 Å². The Bertz CT molecular complexity index is 601. The van der Waals surface area contributed by atoms with Crippen LogP contribution in [0.3, 0.4) is 0 Å². The summed E-state index contributed by atoms with van der Waals surface area (Å²) in [6.07, 6.45) is 4.17. The molecule has 1 aliphatic heterocycles. The molecule has 1 aliphatic rings. The van der Waals surface area contributed by atoms with Crippen LogP contribution in [0.15, 0.2) is 24.4 Å². The number of nitrogens with zero attached hydrogens (tertiary/aromatic N) is 3. The van der Waals surface area contributed by atoms with E-state index in [1.165, 1.54) is 17.7 Å². The normalized spacial score (nSPS) is 19.6. The van der Waals surface area contributed by atoms with E-state index >= 15 is 0 Å². The van der Waals surface area contributed by atoms with Gasteiger partial charge in [0.1, 0.15) is 0 Å². The number of aryl methyl sites for hydroxylation is 1. The van der Waals surface area contributed by atoms with Gasteiger partial charge in [0, 0.05) is 35.9 Å². The molecule has 1 fully saturated rings. The third kappa shape index (κ3) is 4.15. The van der Waals surface area contributed by atoms with Crippen LogP contribution in [0.2, 0.25) is 4.34 Å². The van der Waals surface area contributed by atoms with Gasteiger partial charge in [0.05, 0.1) is 4.34 Å². The van der Waals surface area contributed by atoms with Crippen LogP contribution in [0.1, 0.15) is 23.4 Å². The van der Waals surface area contributed by atoms with Crippen molar-refractivity contribution in [3.63, 3.8) is 0 Å². The first-order chi connectivity index (χ1) is 10.2. The van der Waals surface area contributed by atoms with Crippen LogP contribution >= 0.6 is 22.9 Å². The molecule has 1 saturated heterocycles. The monoisotopic (exact) mass is 322 g/mol. The maximum Gasteiger partial charge on any atom is 0.223 e. The summed E-state index contributed by atoms with van der Waals surface area (Å²) in [5, 5.41) is 3.46. The minimum Gasteiger partial charge on any atom is -0.350 e. The van der Waals surface area contributed by atoms with E-state index in [9.17, 15) is 0 Å². The van der Waals surface area contributed by atoms with Crippen molar-refractivity contribution in [1.82, 2.24) is 14.9 Å². The molecular weight excluding hydrogens is 304 g/mol. The number of piperidine rings is 1. The van der Waals surface area contributed by atoms with E-state index in [1.54, 1.807) is 17.5 Å². The highest BCUT2D eigenvalue weighted by atomic mass is 35.5. The van der Waals surface area contributed by atoms with Gasteiger partial charge in [0.15, 0.2) is 0 Å². The van der Waals surface area contributed by atoms with Gasteiger partial charge < -0.3 is 5.32 Å². The van der Waals surface area contributed by atoms with Gasteiger partial charge in [0.2, 0.25) is 5.95 Å². The average molecular weight is 323 g/mol. The second-order valence-corrected chi connectivity index (χ2v) is 7.25. The molecule has 6 heteroatoms. The Morgan fingerprint density at radius 2 is 2.33 bits per heavy atom. The van der Waals surface area contributed by atoms with Crippen LogP contribution in [0, 0.1) is 6.92 Å². The molecule has 3 heterocycles. The first-order valence-corrected chi connectivity index (χ1v) is 8.41. The highest BCUT2D eigenvalue weighted by molar-refractivity contribution is 7.16. The second kappa shape index (κ2) is 6.73. The lowest BCUT2D eigenvalue weighted by molar-refractivity contribution is 0.210. The van der Waals surface area contributed by atoms with E-state index in [0.717, 1.165) is 35.6 Å². The molecule has 0 bridgehead atoms. The number of thiophene rings is 1. The van der Waals surface area contributed by atoms with Crippen LogP contribution in [0.25, 0.3) is 0 Å². The van der Waals surface area contributed by atoms with Gasteiger partial charge in [-0.15, -0.1) is 11.3 Å². The third-order valence-electron chi connectivity index (χ3n) is 3.64. The third-order valence-corrected chi connectivity index (χ3v) is 4.86. The Labute approximate surface area is 134 Å². The summed E-state index contributed by atoms with van der Waals surface area (Å²) >= 11 is 7.67. The fraction of sp³-hybridized carbons (Fsp3) is 0.467. The molecule has 3 rings (SSSR count). The smallest absolute Gasteiger partial charge is 0.223 e. The van der Waals surface area contributed by atoms with Crippen molar-refractivity contribution < 1.29 is 0 Å². The fourth-order valence-corrected chi connectivity index (χ4v) is 3.81. The van der Waals surface area contributed by atoms with Crippen molar-refractivity contribution in [2.24, 2.45) is 0 Å². The first-order valence-electron chi connectivity index (χ1n) is 7.22. The van der Waals surface area contributed by atoms with Crippen LogP contribution in [0.4, 0.5) is 5.95 Å². The number of nitrogens with one attached hydrogen (secondary N) is 1. The zero-order valence-electron chi connectivity index (χ0n) is 12.1. The number of hydrogen-bond donors (Lipinski definition) is 1. The summed E-state index contributed by atoms with van der Waals surface area (Å²) in [6, 6.07) is 6.42. The molecule has 21 heavy (non-hydrogen) atoms. The van der Waals surface area contributed by atoms with Crippen molar-refractivity contribution in [1.29, 1.82) is 0 Å². The van der Waals surface area contributed by atoms with Gasteiger partial charge in [-0.1, -0.05) is 11.6 Å². The molecule has 0 saturated carbocycles. The lowest BCUT2D eigenvalue weighted by Gasteiger charge is -2.32. The van der Waals surface area contributed by atoms with E-state index in [1.807, 2.05) is 19.1 Å². The molecule has 0 aliphatic carbocycles. The predicted octanol–water partition coefficient (Wildman–Crippen LogP) is 3.58. The maximum atomic E-state index is 6.00. The Morgan fingerprint density at radius 3 is 3.10 bits per heavy atom. The van der Waals surface area contributed by atoms with Crippen molar-refractivity contribution in [2.75, 3.05) is 18.4 Å². The number of hydrogen-bond acceptors (Lipinski definition) is 5. The van der Waals surface area contributed by atoms with Gasteiger partial charge >= 0.3 is 0 Å². The Morgan fingerprint density at radius 1 is 1.43 bits per heavy atom. The highest BCUT2D eigenvalue weighted by Gasteiger charge is 2.20. The maximum absolute atomic E-state index is 6.00. The predicted molar refractivity (Wildman–Crippen MR) is 88.0 cm³/mol. The zero-order valence-corrected chi connectivity index (χ0v) is 13.6. The molecule has 0 aromatic carbocycles. The molecule has 0 spiro atoms. The average Bonchev–Trinajstić information content (AvgIpc) is 2.84. The summed E-state index contributed by atoms with van der Waals surface area (Å²) in [5.41, 5.74) is 0.994. The van der Waals surface area contributed by atoms with Gasteiger partial charge in [-0.25, -0.2) is 9.97 Å². The SMILES string of the molecule is Cc1ccnc(NC2CCCN(Cc3ccc(Cl)s3)C2)n1. The van der Waals surface area contributed by atoms with E-state index in [-0.39, 0.29) is 0 Å². The summed E-state index contributed by atoms with van der Waals surface area (Å²) < 4.78 is 0.866. The van der Waals surface area contributed by atoms with Gasteiger partial charge in [-0.3, -0.25) is 4.90 Å². The molecule has 0 amide bonds. The topological polar surface area (TPSA) is 41.1 Å². The lowest BCUT2D eigenvalue weighted by Crippen LogP contribution is -2.41. The molecule has 0 radical (unpaired) electrons. The van der Waals surface area contributed by atoms with Gasteiger partial charge in [-0.2, -0.15) is 0 Å².